The summed E-state index contributed by atoms with van der Waals surface area (Å²) < 4.78 is 10.3. The van der Waals surface area contributed by atoms with E-state index in [1.54, 1.807) is 24.3 Å². The van der Waals surface area contributed by atoms with Gasteiger partial charge in [0.15, 0.2) is 12.7 Å². The van der Waals surface area contributed by atoms with Crippen LogP contribution in [0, 0.1) is 0 Å². The number of rotatable bonds is 6. The Morgan fingerprint density at radius 3 is 2.36 bits per heavy atom. The highest BCUT2D eigenvalue weighted by molar-refractivity contribution is 6.43. The second-order valence-corrected chi connectivity index (χ2v) is 6.19. The number of carbonyl (C=O) groups is 2. The number of para-hydroxylation sites is 1. The largest absolute Gasteiger partial charge is 0.480 e. The first kappa shape index (κ1) is 19.4. The van der Waals surface area contributed by atoms with E-state index in [0.717, 1.165) is 0 Å². The summed E-state index contributed by atoms with van der Waals surface area (Å²) in [6.07, 6.45) is -0.986. The van der Waals surface area contributed by atoms with Gasteiger partial charge in [0, 0.05) is 11.8 Å². The number of hydrogen-bond donors (Lipinski definition) is 1. The molecule has 0 bridgehead atoms. The molecule has 2 rings (SSSR count). The number of halogens is 3. The Morgan fingerprint density at radius 2 is 1.68 bits per heavy atom. The topological polar surface area (TPSA) is 64.6 Å². The van der Waals surface area contributed by atoms with E-state index in [2.05, 4.69) is 5.32 Å². The SMILES string of the molecule is C[C@H](OC(=O)COc1cc(Cl)c(Cl)cc1Cl)C(=O)Nc1ccccc1. The molecule has 1 atom stereocenters. The van der Waals surface area contributed by atoms with E-state index >= 15 is 0 Å². The Balaban J connectivity index is 1.85. The van der Waals surface area contributed by atoms with Crippen LogP contribution in [0.25, 0.3) is 0 Å². The van der Waals surface area contributed by atoms with Crippen LogP contribution in [0.15, 0.2) is 42.5 Å². The minimum atomic E-state index is -0.986. The second-order valence-electron chi connectivity index (χ2n) is 4.97. The Labute approximate surface area is 159 Å². The smallest absolute Gasteiger partial charge is 0.344 e. The van der Waals surface area contributed by atoms with Crippen LogP contribution in [0.5, 0.6) is 5.75 Å². The van der Waals surface area contributed by atoms with Crippen molar-refractivity contribution >= 4 is 52.4 Å². The van der Waals surface area contributed by atoms with Crippen molar-refractivity contribution in [1.82, 2.24) is 0 Å². The van der Waals surface area contributed by atoms with Gasteiger partial charge in [-0.2, -0.15) is 0 Å². The molecule has 0 saturated heterocycles. The normalized spacial score (nSPS) is 11.5. The lowest BCUT2D eigenvalue weighted by molar-refractivity contribution is -0.155. The Hall–Kier alpha value is -1.95. The molecule has 0 heterocycles. The fourth-order valence-electron chi connectivity index (χ4n) is 1.80. The standard InChI is InChI=1S/C17H14Cl3NO4/c1-10(17(23)21-11-5-3-2-4-6-11)25-16(22)9-24-15-8-13(19)12(18)7-14(15)20/h2-8,10H,9H2,1H3,(H,21,23)/t10-/m0/s1. The van der Waals surface area contributed by atoms with Crippen LogP contribution in [0.1, 0.15) is 6.92 Å². The average molecular weight is 403 g/mol. The first-order chi connectivity index (χ1) is 11.9. The number of anilines is 1. The van der Waals surface area contributed by atoms with Gasteiger partial charge in [0.25, 0.3) is 5.91 Å². The van der Waals surface area contributed by atoms with Crippen LogP contribution in [-0.4, -0.2) is 24.6 Å². The molecule has 8 heteroatoms. The number of benzene rings is 2. The first-order valence-corrected chi connectivity index (χ1v) is 8.33. The van der Waals surface area contributed by atoms with Gasteiger partial charge < -0.3 is 14.8 Å². The van der Waals surface area contributed by atoms with E-state index in [1.165, 1.54) is 19.1 Å². The van der Waals surface area contributed by atoms with Crippen LogP contribution in [0.3, 0.4) is 0 Å². The summed E-state index contributed by atoms with van der Waals surface area (Å²) in [5.74, 6) is -0.987. The van der Waals surface area contributed by atoms with E-state index in [9.17, 15) is 9.59 Å². The molecule has 0 unspecified atom stereocenters. The van der Waals surface area contributed by atoms with Crippen LogP contribution >= 0.6 is 34.8 Å². The minimum absolute atomic E-state index is 0.189. The maximum atomic E-state index is 12.0. The van der Waals surface area contributed by atoms with Gasteiger partial charge in [0.2, 0.25) is 0 Å². The monoisotopic (exact) mass is 401 g/mol. The third kappa shape index (κ3) is 5.81. The molecule has 0 spiro atoms. The van der Waals surface area contributed by atoms with Gasteiger partial charge >= 0.3 is 5.97 Å². The lowest BCUT2D eigenvalue weighted by Crippen LogP contribution is -2.31. The second kappa shape index (κ2) is 8.94. The third-order valence-electron chi connectivity index (χ3n) is 3.04. The highest BCUT2D eigenvalue weighted by Crippen LogP contribution is 2.33. The minimum Gasteiger partial charge on any atom is -0.480 e. The maximum Gasteiger partial charge on any atom is 0.344 e. The summed E-state index contributed by atoms with van der Waals surface area (Å²) in [6, 6.07) is 11.6. The van der Waals surface area contributed by atoms with E-state index in [4.69, 9.17) is 44.3 Å². The molecule has 1 amide bonds. The number of esters is 1. The van der Waals surface area contributed by atoms with Crippen LogP contribution in [0.4, 0.5) is 5.69 Å². The first-order valence-electron chi connectivity index (χ1n) is 7.19. The van der Waals surface area contributed by atoms with E-state index in [1.807, 2.05) is 6.07 Å². The molecule has 0 aliphatic carbocycles. The highest BCUT2D eigenvalue weighted by Gasteiger charge is 2.19. The molecule has 0 aliphatic heterocycles. The van der Waals surface area contributed by atoms with Crippen molar-refractivity contribution in [2.45, 2.75) is 13.0 Å². The molecule has 0 saturated carbocycles. The summed E-state index contributed by atoms with van der Waals surface area (Å²) in [6.45, 7) is 1.03. The van der Waals surface area contributed by atoms with Crippen molar-refractivity contribution < 1.29 is 19.1 Å². The number of ether oxygens (including phenoxy) is 2. The number of carbonyl (C=O) groups excluding carboxylic acids is 2. The summed E-state index contributed by atoms with van der Waals surface area (Å²) in [5.41, 5.74) is 0.606. The van der Waals surface area contributed by atoms with Gasteiger partial charge in [-0.1, -0.05) is 53.0 Å². The molecule has 0 aromatic heterocycles. The van der Waals surface area contributed by atoms with Crippen molar-refractivity contribution in [3.05, 3.63) is 57.5 Å². The van der Waals surface area contributed by atoms with Gasteiger partial charge in [-0.3, -0.25) is 4.79 Å². The molecule has 2 aromatic rings. The van der Waals surface area contributed by atoms with Gasteiger partial charge in [0.1, 0.15) is 5.75 Å². The Bertz CT molecular complexity index is 768. The molecule has 0 fully saturated rings. The summed E-state index contributed by atoms with van der Waals surface area (Å²) in [4.78, 5) is 23.8. The van der Waals surface area contributed by atoms with E-state index in [-0.39, 0.29) is 20.8 Å². The lowest BCUT2D eigenvalue weighted by Gasteiger charge is -2.14. The molecule has 132 valence electrons. The van der Waals surface area contributed by atoms with Crippen LogP contribution < -0.4 is 10.1 Å². The molecule has 0 aliphatic rings. The van der Waals surface area contributed by atoms with E-state index in [0.29, 0.717) is 5.69 Å². The molecule has 0 radical (unpaired) electrons. The summed E-state index contributed by atoms with van der Waals surface area (Å²) >= 11 is 17.6. The highest BCUT2D eigenvalue weighted by atomic mass is 35.5. The van der Waals surface area contributed by atoms with Crippen molar-refractivity contribution in [2.24, 2.45) is 0 Å². The fourth-order valence-corrected chi connectivity index (χ4v) is 2.39. The van der Waals surface area contributed by atoms with Crippen LogP contribution in [0.2, 0.25) is 15.1 Å². The fraction of sp³-hybridized carbons (Fsp3) is 0.176. The van der Waals surface area contributed by atoms with Crippen LogP contribution in [-0.2, 0) is 14.3 Å². The van der Waals surface area contributed by atoms with Gasteiger partial charge in [0.05, 0.1) is 15.1 Å². The number of hydrogen-bond acceptors (Lipinski definition) is 4. The number of amides is 1. The quantitative estimate of drug-likeness (QED) is 0.567. The molecule has 1 N–H and O–H groups in total. The molecule has 5 nitrogen and oxygen atoms in total. The van der Waals surface area contributed by atoms with Crippen molar-refractivity contribution in [3.8, 4) is 5.75 Å². The van der Waals surface area contributed by atoms with Gasteiger partial charge in [-0.15, -0.1) is 0 Å². The molecular formula is C17H14Cl3NO4. The summed E-state index contributed by atoms with van der Waals surface area (Å²) in [5, 5.41) is 3.35. The zero-order chi connectivity index (χ0) is 18.4. The Morgan fingerprint density at radius 1 is 1.04 bits per heavy atom. The predicted molar refractivity (Wildman–Crippen MR) is 97.6 cm³/mol. The van der Waals surface area contributed by atoms with E-state index < -0.39 is 24.6 Å². The number of nitrogens with one attached hydrogen (secondary N) is 1. The van der Waals surface area contributed by atoms with Gasteiger partial charge in [-0.25, -0.2) is 4.79 Å². The average Bonchev–Trinajstić information content (AvgIpc) is 2.57. The molecule has 2 aromatic carbocycles. The molecule has 25 heavy (non-hydrogen) atoms. The Kier molecular flexibility index (Phi) is 6.93. The predicted octanol–water partition coefficient (Wildman–Crippen LogP) is 4.60. The zero-order valence-electron chi connectivity index (χ0n) is 13.1. The summed E-state index contributed by atoms with van der Waals surface area (Å²) in [7, 11) is 0. The zero-order valence-corrected chi connectivity index (χ0v) is 15.4. The van der Waals surface area contributed by atoms with Crippen molar-refractivity contribution in [3.63, 3.8) is 0 Å². The molecular weight excluding hydrogens is 389 g/mol. The van der Waals surface area contributed by atoms with Crippen molar-refractivity contribution in [1.29, 1.82) is 0 Å². The van der Waals surface area contributed by atoms with Crippen molar-refractivity contribution in [2.75, 3.05) is 11.9 Å². The third-order valence-corrected chi connectivity index (χ3v) is 4.06. The maximum absolute atomic E-state index is 12.0. The lowest BCUT2D eigenvalue weighted by atomic mass is 10.3. The van der Waals surface area contributed by atoms with Gasteiger partial charge in [-0.05, 0) is 25.1 Å².